The van der Waals surface area contributed by atoms with Crippen molar-refractivity contribution in [3.05, 3.63) is 70.2 Å². The van der Waals surface area contributed by atoms with Crippen molar-refractivity contribution in [2.75, 3.05) is 69.7 Å². The number of anilines is 2. The number of benzene rings is 2. The summed E-state index contributed by atoms with van der Waals surface area (Å²) in [5.74, 6) is 0.987. The number of aliphatic hydroxyl groups is 4. The summed E-state index contributed by atoms with van der Waals surface area (Å²) in [7, 11) is 0. The molecule has 0 radical (unpaired) electrons. The first-order valence-electron chi connectivity index (χ1n) is 19.8. The van der Waals surface area contributed by atoms with E-state index in [1.54, 1.807) is 12.1 Å². The molecule has 55 heavy (non-hydrogen) atoms. The van der Waals surface area contributed by atoms with Crippen molar-refractivity contribution in [2.45, 2.75) is 69.8 Å². The molecule has 3 saturated carbocycles. The molecule has 5 aliphatic rings. The topological polar surface area (TPSA) is 217 Å². The second-order valence-electron chi connectivity index (χ2n) is 16.5. The fourth-order valence-corrected chi connectivity index (χ4v) is 11.1. The highest BCUT2D eigenvalue weighted by Crippen LogP contribution is 2.72. The summed E-state index contributed by atoms with van der Waals surface area (Å²) in [5, 5.41) is 71.3. The number of phenolic OH excluding ortho intramolecular Hbond substituents is 2. The molecule has 13 nitrogen and oxygen atoms in total. The SMILES string of the molecule is C[C@@]12CCc3occc3[C@H]1CC[C@@]13C[C@@H](CC[C@H]12)[C@@](O)(CO)C3.O=C1c2c(O)ccc(O)c2C(=O)c2c(NCCNCCO)ccc(NCCNCCO)c21. The van der Waals surface area contributed by atoms with Gasteiger partial charge >= 0.3 is 0 Å². The predicted octanol–water partition coefficient (Wildman–Crippen LogP) is 3.50. The highest BCUT2D eigenvalue weighted by Gasteiger charge is 2.65. The molecule has 2 bridgehead atoms. The molecule has 6 atom stereocenters. The van der Waals surface area contributed by atoms with Crippen LogP contribution in [0.1, 0.15) is 101 Å². The number of rotatable bonds is 13. The first kappa shape index (κ1) is 39.3. The van der Waals surface area contributed by atoms with Crippen molar-refractivity contribution < 1.29 is 44.6 Å². The molecule has 8 rings (SSSR count). The lowest BCUT2D eigenvalue weighted by Gasteiger charge is -2.59. The van der Waals surface area contributed by atoms with Crippen molar-refractivity contribution in [3.63, 3.8) is 0 Å². The lowest BCUT2D eigenvalue weighted by molar-refractivity contribution is -0.0727. The molecule has 5 aliphatic carbocycles. The fourth-order valence-electron chi connectivity index (χ4n) is 11.1. The Morgan fingerprint density at radius 2 is 1.35 bits per heavy atom. The zero-order valence-electron chi connectivity index (χ0n) is 31.6. The van der Waals surface area contributed by atoms with E-state index in [4.69, 9.17) is 14.6 Å². The maximum atomic E-state index is 13.4. The fraction of sp³-hybridized carbons (Fsp3) is 0.571. The molecule has 3 aromatic rings. The van der Waals surface area contributed by atoms with Gasteiger partial charge in [-0.05, 0) is 109 Å². The third-order valence-corrected chi connectivity index (χ3v) is 13.5. The lowest BCUT2D eigenvalue weighted by Crippen LogP contribution is -2.51. The van der Waals surface area contributed by atoms with E-state index < -0.39 is 17.2 Å². The minimum Gasteiger partial charge on any atom is -0.507 e. The highest BCUT2D eigenvalue weighted by molar-refractivity contribution is 6.33. The summed E-state index contributed by atoms with van der Waals surface area (Å²) < 4.78 is 5.72. The number of carbonyl (C=O) groups is 2. The van der Waals surface area contributed by atoms with E-state index in [2.05, 4.69) is 34.3 Å². The summed E-state index contributed by atoms with van der Waals surface area (Å²) in [6.07, 6.45) is 10.9. The Kier molecular flexibility index (Phi) is 11.3. The van der Waals surface area contributed by atoms with Crippen LogP contribution in [0.3, 0.4) is 0 Å². The van der Waals surface area contributed by atoms with Gasteiger partial charge in [0.05, 0.1) is 53.9 Å². The molecule has 298 valence electrons. The summed E-state index contributed by atoms with van der Waals surface area (Å²) in [6, 6.07) is 7.95. The van der Waals surface area contributed by atoms with Crippen LogP contribution < -0.4 is 21.3 Å². The van der Waals surface area contributed by atoms with Crippen LogP contribution in [-0.4, -0.2) is 107 Å². The molecule has 1 aromatic heterocycles. The van der Waals surface area contributed by atoms with E-state index in [-0.39, 0.29) is 59.0 Å². The number of aromatic hydroxyl groups is 2. The van der Waals surface area contributed by atoms with Crippen LogP contribution in [-0.2, 0) is 6.42 Å². The van der Waals surface area contributed by atoms with Gasteiger partial charge in [-0.2, -0.15) is 0 Å². The Morgan fingerprint density at radius 1 is 0.745 bits per heavy atom. The molecule has 0 amide bonds. The van der Waals surface area contributed by atoms with E-state index in [1.807, 2.05) is 6.26 Å². The van der Waals surface area contributed by atoms with Gasteiger partial charge in [0.15, 0.2) is 0 Å². The maximum Gasteiger partial charge on any atom is 0.200 e. The average Bonchev–Trinajstić information content (AvgIpc) is 3.74. The van der Waals surface area contributed by atoms with Crippen molar-refractivity contribution in [3.8, 4) is 11.5 Å². The minimum atomic E-state index is -0.812. The van der Waals surface area contributed by atoms with Gasteiger partial charge < -0.3 is 56.3 Å². The number of carbonyl (C=O) groups excluding carboxylic acids is 2. The smallest absolute Gasteiger partial charge is 0.200 e. The van der Waals surface area contributed by atoms with E-state index in [0.29, 0.717) is 73.8 Å². The molecule has 1 heterocycles. The molecular formula is C42H56N4O9. The number of aryl methyl sites for hydroxylation is 1. The number of fused-ring (bicyclic) bond motifs is 7. The van der Waals surface area contributed by atoms with Crippen LogP contribution in [0.15, 0.2) is 41.0 Å². The predicted molar refractivity (Wildman–Crippen MR) is 207 cm³/mol. The zero-order valence-corrected chi connectivity index (χ0v) is 31.6. The lowest BCUT2D eigenvalue weighted by atomic mass is 9.45. The highest BCUT2D eigenvalue weighted by atomic mass is 16.3. The molecule has 0 saturated heterocycles. The monoisotopic (exact) mass is 760 g/mol. The van der Waals surface area contributed by atoms with Gasteiger partial charge in [0.1, 0.15) is 17.3 Å². The van der Waals surface area contributed by atoms with Crippen LogP contribution in [0.4, 0.5) is 11.4 Å². The van der Waals surface area contributed by atoms with Gasteiger partial charge in [0.2, 0.25) is 11.6 Å². The van der Waals surface area contributed by atoms with Crippen LogP contribution in [0, 0.1) is 22.7 Å². The quantitative estimate of drug-likeness (QED) is 0.0699. The zero-order chi connectivity index (χ0) is 39.0. The number of hydrogen-bond donors (Lipinski definition) is 10. The Labute approximate surface area is 321 Å². The number of nitrogens with one attached hydrogen (secondary N) is 4. The van der Waals surface area contributed by atoms with E-state index in [0.717, 1.165) is 25.7 Å². The standard InChI is InChI=1S/C22H28N4O6.C20H28O3/c27-11-9-23-5-7-25-13-1-2-14(26-8-6-24-10-12-28)18-17(13)21(31)19-15(29)3-4-16(30)20(19)22(18)32;1-18-7-5-16-14(6-9-23-16)15(18)4-8-19-10-13(2-3-17(18)19)20(22,11-19)12-21/h1-4,23-30H,5-12H2;6,9,13,15,17,21-22H,2-5,7-8,10-12H2,1H3/t;13-,15-,17+,18-,19+,20+/m.1/s1. The van der Waals surface area contributed by atoms with Crippen molar-refractivity contribution >= 4 is 22.9 Å². The van der Waals surface area contributed by atoms with Gasteiger partial charge in [-0.15, -0.1) is 0 Å². The second kappa shape index (κ2) is 15.9. The molecule has 1 spiro atoms. The Hall–Kier alpha value is -3.98. The summed E-state index contributed by atoms with van der Waals surface area (Å²) >= 11 is 0. The summed E-state index contributed by atoms with van der Waals surface area (Å²) in [6.45, 7) is 5.26. The first-order chi connectivity index (χ1) is 26.5. The first-order valence-corrected chi connectivity index (χ1v) is 19.8. The Bertz CT molecular complexity index is 1820. The molecular weight excluding hydrogens is 704 g/mol. The van der Waals surface area contributed by atoms with E-state index in [1.165, 1.54) is 49.1 Å². The second-order valence-corrected chi connectivity index (χ2v) is 16.5. The van der Waals surface area contributed by atoms with Gasteiger partial charge in [0, 0.05) is 57.1 Å². The van der Waals surface area contributed by atoms with E-state index in [9.17, 15) is 30.0 Å². The van der Waals surface area contributed by atoms with Crippen molar-refractivity contribution in [1.82, 2.24) is 10.6 Å². The van der Waals surface area contributed by atoms with Crippen LogP contribution in [0.2, 0.25) is 0 Å². The van der Waals surface area contributed by atoms with Gasteiger partial charge in [0.25, 0.3) is 0 Å². The van der Waals surface area contributed by atoms with Crippen molar-refractivity contribution in [1.29, 1.82) is 0 Å². The third-order valence-electron chi connectivity index (χ3n) is 13.5. The molecule has 2 aromatic carbocycles. The van der Waals surface area contributed by atoms with Gasteiger partial charge in [-0.1, -0.05) is 6.92 Å². The number of aliphatic hydroxyl groups excluding tert-OH is 3. The largest absolute Gasteiger partial charge is 0.507 e. The third kappa shape index (κ3) is 6.93. The molecule has 0 aliphatic heterocycles. The molecule has 13 heteroatoms. The molecule has 3 fully saturated rings. The summed E-state index contributed by atoms with van der Waals surface area (Å²) in [5.41, 5.74) is 1.93. The van der Waals surface area contributed by atoms with Crippen LogP contribution in [0.5, 0.6) is 11.5 Å². The minimum absolute atomic E-state index is 0.00939. The Balaban J connectivity index is 0.000000177. The van der Waals surface area contributed by atoms with Gasteiger partial charge in [-0.3, -0.25) is 9.59 Å². The van der Waals surface area contributed by atoms with Crippen LogP contribution >= 0.6 is 0 Å². The number of furan rings is 1. The Morgan fingerprint density at radius 3 is 1.91 bits per heavy atom. The number of ketones is 2. The normalized spacial score (nSPS) is 28.6. The number of hydrogen-bond acceptors (Lipinski definition) is 13. The molecule has 10 N–H and O–H groups in total. The number of phenols is 2. The van der Waals surface area contributed by atoms with E-state index >= 15 is 0 Å². The average molecular weight is 761 g/mol. The summed E-state index contributed by atoms with van der Waals surface area (Å²) in [4.78, 5) is 26.7. The van der Waals surface area contributed by atoms with Gasteiger partial charge in [-0.25, -0.2) is 0 Å². The maximum absolute atomic E-state index is 13.4. The van der Waals surface area contributed by atoms with Crippen molar-refractivity contribution in [2.24, 2.45) is 22.7 Å². The molecule has 0 unspecified atom stereocenters. The van der Waals surface area contributed by atoms with Crippen LogP contribution in [0.25, 0.3) is 0 Å².